The maximum absolute atomic E-state index is 12.0. The summed E-state index contributed by atoms with van der Waals surface area (Å²) in [5.74, 6) is 0.347. The van der Waals surface area contributed by atoms with E-state index in [0.29, 0.717) is 40.5 Å². The maximum atomic E-state index is 12.0. The molecule has 7 N–H and O–H groups in total. The van der Waals surface area contributed by atoms with Gasteiger partial charge in [0.1, 0.15) is 5.82 Å². The number of nitrogens with zero attached hydrogens (tertiary/aromatic N) is 1. The molecule has 3 aromatic carbocycles. The van der Waals surface area contributed by atoms with Crippen LogP contribution in [0.25, 0.3) is 0 Å². The van der Waals surface area contributed by atoms with Crippen LogP contribution in [0.15, 0.2) is 91.1 Å². The van der Waals surface area contributed by atoms with Crippen LogP contribution >= 0.6 is 11.6 Å². The van der Waals surface area contributed by atoms with Crippen molar-refractivity contribution in [3.05, 3.63) is 118 Å². The summed E-state index contributed by atoms with van der Waals surface area (Å²) in [5, 5.41) is 9.77. The number of hydrogen-bond donors (Lipinski definition) is 7. The Kier molecular flexibility index (Phi) is 14.2. The standard InChI is InChI=1S/C15H16N2O2.C8H9ClN2O.C6H7N3O/c1-11-6-8-13(9-7-11)16-17-15(19)14-5-3-2-4-12(14)10-18;1-6-2-3-8(7(9)4-6)11-10-5-12;10-5-8-9-6-3-1-2-4-7-6/h2-9,16,18H,10H2,1H3,(H,17,19);2-5,11H,1H3,(H,10,12);1-5H,(H,7,9)(H,8,10). The van der Waals surface area contributed by atoms with E-state index < -0.39 is 0 Å². The lowest BCUT2D eigenvalue weighted by atomic mass is 10.1. The Morgan fingerprint density at radius 3 is 2.12 bits per heavy atom. The zero-order chi connectivity index (χ0) is 29.9. The van der Waals surface area contributed by atoms with Crippen molar-refractivity contribution in [2.24, 2.45) is 0 Å². The van der Waals surface area contributed by atoms with Crippen LogP contribution < -0.4 is 32.6 Å². The number of nitrogens with one attached hydrogen (secondary N) is 6. The fourth-order valence-corrected chi connectivity index (χ4v) is 3.36. The smallest absolute Gasteiger partial charge is 0.269 e. The van der Waals surface area contributed by atoms with E-state index in [9.17, 15) is 19.5 Å². The molecule has 0 aliphatic heterocycles. The Balaban J connectivity index is 0.000000230. The van der Waals surface area contributed by atoms with Crippen LogP contribution in [0.5, 0.6) is 0 Å². The summed E-state index contributed by atoms with van der Waals surface area (Å²) in [5.41, 5.74) is 20.0. The second kappa shape index (κ2) is 18.2. The number of amides is 3. The quantitative estimate of drug-likeness (QED) is 0.110. The van der Waals surface area contributed by atoms with Crippen LogP contribution in [0.2, 0.25) is 5.02 Å². The van der Waals surface area contributed by atoms with Gasteiger partial charge in [-0.3, -0.25) is 46.9 Å². The highest BCUT2D eigenvalue weighted by molar-refractivity contribution is 6.33. The molecule has 0 unspecified atom stereocenters. The zero-order valence-electron chi connectivity index (χ0n) is 22.5. The number of aliphatic hydroxyl groups is 1. The maximum Gasteiger partial charge on any atom is 0.269 e. The van der Waals surface area contributed by atoms with Crippen LogP contribution in [0.4, 0.5) is 17.2 Å². The molecule has 1 heterocycles. The number of halogens is 1. The number of hydrogen-bond acceptors (Lipinski definition) is 8. The molecular formula is C29H32ClN7O4. The first-order valence-electron chi connectivity index (χ1n) is 12.3. The Bertz CT molecular complexity index is 1370. The van der Waals surface area contributed by atoms with Gasteiger partial charge in [-0.25, -0.2) is 4.98 Å². The van der Waals surface area contributed by atoms with Gasteiger partial charge in [0.25, 0.3) is 5.91 Å². The molecule has 0 radical (unpaired) electrons. The van der Waals surface area contributed by atoms with Gasteiger partial charge in [0.15, 0.2) is 0 Å². The number of pyridine rings is 1. The third-order valence-corrected chi connectivity index (χ3v) is 5.43. The van der Waals surface area contributed by atoms with Crippen molar-refractivity contribution >= 4 is 47.5 Å². The molecule has 0 bridgehead atoms. The normalized spacial score (nSPS) is 9.37. The van der Waals surface area contributed by atoms with Gasteiger partial charge in [-0.15, -0.1) is 0 Å². The van der Waals surface area contributed by atoms with Crippen LogP contribution in [-0.2, 0) is 16.2 Å². The molecule has 4 aromatic rings. The fraction of sp³-hybridized carbons (Fsp3) is 0.103. The zero-order valence-corrected chi connectivity index (χ0v) is 23.3. The summed E-state index contributed by atoms with van der Waals surface area (Å²) in [4.78, 5) is 35.6. The molecule has 11 nitrogen and oxygen atoms in total. The van der Waals surface area contributed by atoms with Crippen LogP contribution in [0, 0.1) is 13.8 Å². The monoisotopic (exact) mass is 577 g/mol. The van der Waals surface area contributed by atoms with E-state index >= 15 is 0 Å². The van der Waals surface area contributed by atoms with E-state index in [-0.39, 0.29) is 12.5 Å². The Morgan fingerprint density at radius 1 is 0.829 bits per heavy atom. The van der Waals surface area contributed by atoms with E-state index in [1.165, 1.54) is 0 Å². The first-order valence-corrected chi connectivity index (χ1v) is 12.6. The summed E-state index contributed by atoms with van der Waals surface area (Å²) in [6, 6.07) is 25.5. The second-order valence-electron chi connectivity index (χ2n) is 8.23. The van der Waals surface area contributed by atoms with Gasteiger partial charge in [0.05, 0.1) is 23.0 Å². The third-order valence-electron chi connectivity index (χ3n) is 5.12. The van der Waals surface area contributed by atoms with Crippen molar-refractivity contribution in [3.8, 4) is 0 Å². The lowest BCUT2D eigenvalue weighted by molar-refractivity contribution is -0.109. The molecule has 0 saturated heterocycles. The van der Waals surface area contributed by atoms with Gasteiger partial charge < -0.3 is 5.11 Å². The highest BCUT2D eigenvalue weighted by Crippen LogP contribution is 2.21. The summed E-state index contributed by atoms with van der Waals surface area (Å²) in [6.45, 7) is 3.79. The molecule has 214 valence electrons. The highest BCUT2D eigenvalue weighted by atomic mass is 35.5. The van der Waals surface area contributed by atoms with Gasteiger partial charge in [0, 0.05) is 11.8 Å². The topological polar surface area (TPSA) is 157 Å². The third kappa shape index (κ3) is 12.1. The predicted octanol–water partition coefficient (Wildman–Crippen LogP) is 4.12. The first kappa shape index (κ1) is 32.1. The first-order chi connectivity index (χ1) is 19.9. The molecule has 0 atom stereocenters. The molecule has 12 heteroatoms. The highest BCUT2D eigenvalue weighted by Gasteiger charge is 2.09. The van der Waals surface area contributed by atoms with Crippen molar-refractivity contribution in [2.75, 3.05) is 16.3 Å². The molecular weight excluding hydrogens is 546 g/mol. The van der Waals surface area contributed by atoms with Crippen LogP contribution in [-0.4, -0.2) is 28.8 Å². The Morgan fingerprint density at radius 2 is 1.49 bits per heavy atom. The lowest BCUT2D eigenvalue weighted by Crippen LogP contribution is -2.30. The van der Waals surface area contributed by atoms with Crippen LogP contribution in [0.1, 0.15) is 27.0 Å². The summed E-state index contributed by atoms with van der Waals surface area (Å²) in [7, 11) is 0. The number of benzene rings is 3. The Labute approximate surface area is 243 Å². The predicted molar refractivity (Wildman–Crippen MR) is 161 cm³/mol. The molecule has 3 amide bonds. The van der Waals surface area contributed by atoms with Crippen molar-refractivity contribution in [2.45, 2.75) is 20.5 Å². The average molecular weight is 578 g/mol. The number of rotatable bonds is 10. The van der Waals surface area contributed by atoms with E-state index in [1.807, 2.05) is 56.3 Å². The molecule has 41 heavy (non-hydrogen) atoms. The van der Waals surface area contributed by atoms with Crippen molar-refractivity contribution in [3.63, 3.8) is 0 Å². The minimum absolute atomic E-state index is 0.159. The van der Waals surface area contributed by atoms with E-state index in [1.54, 1.807) is 48.7 Å². The van der Waals surface area contributed by atoms with E-state index in [2.05, 4.69) is 37.5 Å². The summed E-state index contributed by atoms with van der Waals surface area (Å²) < 4.78 is 0. The van der Waals surface area contributed by atoms with E-state index in [0.717, 1.165) is 16.8 Å². The largest absolute Gasteiger partial charge is 0.392 e. The number of aliphatic hydroxyl groups excluding tert-OH is 1. The number of carbonyl (C=O) groups excluding carboxylic acids is 3. The number of anilines is 3. The molecule has 0 spiro atoms. The minimum Gasteiger partial charge on any atom is -0.392 e. The number of carbonyl (C=O) groups is 3. The van der Waals surface area contributed by atoms with Gasteiger partial charge in [-0.05, 0) is 67.4 Å². The van der Waals surface area contributed by atoms with Gasteiger partial charge in [-0.1, -0.05) is 59.6 Å². The van der Waals surface area contributed by atoms with Crippen molar-refractivity contribution in [1.29, 1.82) is 0 Å². The average Bonchev–Trinajstić information content (AvgIpc) is 3.00. The van der Waals surface area contributed by atoms with E-state index in [4.69, 9.17) is 11.6 Å². The molecule has 4 rings (SSSR count). The molecule has 0 aliphatic carbocycles. The SMILES string of the molecule is Cc1ccc(NNC(=O)c2ccccc2CO)cc1.Cc1ccc(NNC=O)c(Cl)c1.O=CNNc1ccccn1. The van der Waals surface area contributed by atoms with Crippen molar-refractivity contribution < 1.29 is 19.5 Å². The van der Waals surface area contributed by atoms with Gasteiger partial charge in [-0.2, -0.15) is 0 Å². The molecule has 0 aliphatic rings. The molecule has 1 aromatic heterocycles. The molecule has 0 fully saturated rings. The lowest BCUT2D eigenvalue weighted by Gasteiger charge is -2.10. The van der Waals surface area contributed by atoms with Crippen LogP contribution in [0.3, 0.4) is 0 Å². The summed E-state index contributed by atoms with van der Waals surface area (Å²) >= 11 is 5.85. The van der Waals surface area contributed by atoms with Crippen molar-refractivity contribution in [1.82, 2.24) is 21.3 Å². The minimum atomic E-state index is -0.273. The Hall–Kier alpha value is -5.13. The van der Waals surface area contributed by atoms with Gasteiger partial charge in [0.2, 0.25) is 12.8 Å². The number of aromatic nitrogens is 1. The number of hydrazine groups is 3. The molecule has 0 saturated carbocycles. The fourth-order valence-electron chi connectivity index (χ4n) is 3.08. The van der Waals surface area contributed by atoms with Gasteiger partial charge >= 0.3 is 0 Å². The summed E-state index contributed by atoms with van der Waals surface area (Å²) in [6.07, 6.45) is 2.74. The second-order valence-corrected chi connectivity index (χ2v) is 8.64. The number of aryl methyl sites for hydroxylation is 2.